The highest BCUT2D eigenvalue weighted by molar-refractivity contribution is 6.59. The maximum Gasteiger partial charge on any atom is 0.134 e. The van der Waals surface area contributed by atoms with E-state index in [4.69, 9.17) is 9.90 Å². The molecule has 0 saturated carbocycles. The third kappa shape index (κ3) is 5.61. The van der Waals surface area contributed by atoms with Gasteiger partial charge < -0.3 is 29.7 Å². The molecule has 0 amide bonds. The molecule has 0 fully saturated rings. The standard InChI is InChI=1S/C8H6O4.CHClO2/c9-7(10)5-2-1-3-6(4-5)8(11)12;2-1(3)4/h1-4H,(H,9,10)(H,11,12);(H,3,4)/p-3. The summed E-state index contributed by atoms with van der Waals surface area (Å²) in [6, 6.07) is 4.81. The average molecular weight is 244 g/mol. The molecule has 1 aromatic carbocycles. The fourth-order valence-corrected chi connectivity index (χ4v) is 0.773. The van der Waals surface area contributed by atoms with Crippen LogP contribution >= 0.6 is 11.6 Å². The summed E-state index contributed by atoms with van der Waals surface area (Å²) >= 11 is 4.08. The van der Waals surface area contributed by atoms with E-state index < -0.39 is 17.4 Å². The van der Waals surface area contributed by atoms with Crippen molar-refractivity contribution in [2.24, 2.45) is 0 Å². The predicted molar refractivity (Wildman–Crippen MR) is 46.4 cm³/mol. The van der Waals surface area contributed by atoms with Crippen LogP contribution in [0.1, 0.15) is 20.7 Å². The average Bonchev–Trinajstić information content (AvgIpc) is 2.17. The summed E-state index contributed by atoms with van der Waals surface area (Å²) in [6.45, 7) is 0. The maximum atomic E-state index is 10.3. The second kappa shape index (κ2) is 6.41. The van der Waals surface area contributed by atoms with Crippen LogP contribution in [0.5, 0.6) is 0 Å². The molecule has 0 saturated heterocycles. The number of carbonyl (C=O) groups is 3. The summed E-state index contributed by atoms with van der Waals surface area (Å²) in [5.41, 5.74) is -1.95. The molecule has 1 aromatic rings. The Labute approximate surface area is 94.7 Å². The molecule has 86 valence electrons. The summed E-state index contributed by atoms with van der Waals surface area (Å²) in [4.78, 5) is 29.2. The smallest absolute Gasteiger partial charge is 0.134 e. The number of carboxylic acid groups (broad SMARTS) is 3. The minimum Gasteiger partial charge on any atom is -0.545 e. The molecule has 0 atom stereocenters. The number of halogens is 1. The molecule has 0 aliphatic rings. The minimum absolute atomic E-state index is 0.170. The maximum absolute atomic E-state index is 10.3. The van der Waals surface area contributed by atoms with E-state index in [0.29, 0.717) is 0 Å². The van der Waals surface area contributed by atoms with E-state index in [9.17, 15) is 19.8 Å². The van der Waals surface area contributed by atoms with Gasteiger partial charge in [0.15, 0.2) is 0 Å². The molecular weight excluding hydrogens is 240 g/mol. The van der Waals surface area contributed by atoms with Crippen LogP contribution in [0.4, 0.5) is 4.79 Å². The third-order valence-corrected chi connectivity index (χ3v) is 1.33. The first-order chi connectivity index (χ1) is 7.34. The fraction of sp³-hybridized carbons (Fsp3) is 0. The van der Waals surface area contributed by atoms with E-state index in [1.807, 2.05) is 0 Å². The van der Waals surface area contributed by atoms with Crippen LogP contribution in [0.2, 0.25) is 0 Å². The molecule has 6 nitrogen and oxygen atoms in total. The molecule has 0 aromatic heterocycles. The molecule has 0 spiro atoms. The topological polar surface area (TPSA) is 120 Å². The first kappa shape index (κ1) is 13.9. The van der Waals surface area contributed by atoms with E-state index in [-0.39, 0.29) is 11.1 Å². The Bertz CT molecular complexity index is 381. The van der Waals surface area contributed by atoms with Crippen LogP contribution in [0, 0.1) is 0 Å². The molecular formula is C9H4ClO6-3. The van der Waals surface area contributed by atoms with E-state index in [1.54, 1.807) is 0 Å². The van der Waals surface area contributed by atoms with E-state index in [0.717, 1.165) is 6.07 Å². The van der Waals surface area contributed by atoms with Crippen LogP contribution < -0.4 is 15.3 Å². The van der Waals surface area contributed by atoms with Crippen molar-refractivity contribution >= 4 is 29.0 Å². The van der Waals surface area contributed by atoms with Crippen molar-refractivity contribution in [3.63, 3.8) is 0 Å². The summed E-state index contributed by atoms with van der Waals surface area (Å²) in [7, 11) is 0. The molecule has 7 heteroatoms. The van der Waals surface area contributed by atoms with Gasteiger partial charge in [-0.15, -0.1) is 0 Å². The molecule has 0 aliphatic heterocycles. The number of carboxylic acids is 2. The molecule has 0 N–H and O–H groups in total. The Kier molecular flexibility index (Phi) is 5.58. The van der Waals surface area contributed by atoms with Crippen molar-refractivity contribution in [1.29, 1.82) is 0 Å². The zero-order valence-electron chi connectivity index (χ0n) is 7.64. The lowest BCUT2D eigenvalue weighted by Gasteiger charge is -2.05. The summed E-state index contributed by atoms with van der Waals surface area (Å²) in [6.07, 6.45) is 0. The Morgan fingerprint density at radius 2 is 1.25 bits per heavy atom. The van der Waals surface area contributed by atoms with Gasteiger partial charge in [-0.3, -0.25) is 0 Å². The number of hydrogen-bond acceptors (Lipinski definition) is 6. The Hall–Kier alpha value is -2.08. The molecule has 0 unspecified atom stereocenters. The number of rotatable bonds is 2. The van der Waals surface area contributed by atoms with Gasteiger partial charge in [0.2, 0.25) is 0 Å². The van der Waals surface area contributed by atoms with Crippen molar-refractivity contribution in [3.8, 4) is 0 Å². The number of benzene rings is 1. The lowest BCUT2D eigenvalue weighted by atomic mass is 10.1. The number of carbonyl (C=O) groups excluding carboxylic acids is 3. The van der Waals surface area contributed by atoms with Gasteiger partial charge in [0.05, 0.1) is 11.9 Å². The second-order valence-electron chi connectivity index (χ2n) is 2.39. The summed E-state index contributed by atoms with van der Waals surface area (Å²) < 4.78 is 0. The van der Waals surface area contributed by atoms with Crippen molar-refractivity contribution in [2.45, 2.75) is 0 Å². The monoisotopic (exact) mass is 243 g/mol. The van der Waals surface area contributed by atoms with Gasteiger partial charge in [-0.05, 0) is 17.2 Å². The predicted octanol–water partition coefficient (Wildman–Crippen LogP) is -2.02. The van der Waals surface area contributed by atoms with Crippen LogP contribution in [0.15, 0.2) is 24.3 Å². The van der Waals surface area contributed by atoms with E-state index >= 15 is 0 Å². The van der Waals surface area contributed by atoms with E-state index in [1.165, 1.54) is 18.2 Å². The van der Waals surface area contributed by atoms with Crippen LogP contribution in [-0.2, 0) is 0 Å². The van der Waals surface area contributed by atoms with Crippen molar-refractivity contribution in [2.75, 3.05) is 0 Å². The zero-order chi connectivity index (χ0) is 12.7. The summed E-state index contributed by atoms with van der Waals surface area (Å²) in [5, 5.41) is 29.2. The molecule has 0 radical (unpaired) electrons. The minimum atomic E-state index is -1.61. The first-order valence-corrected chi connectivity index (χ1v) is 4.11. The van der Waals surface area contributed by atoms with Gasteiger partial charge in [0, 0.05) is 0 Å². The Balaban J connectivity index is 0.000000487. The Morgan fingerprint density at radius 1 is 0.938 bits per heavy atom. The highest BCUT2D eigenvalue weighted by atomic mass is 35.5. The highest BCUT2D eigenvalue weighted by Gasteiger charge is 1.96. The normalized spacial score (nSPS) is 8.56. The van der Waals surface area contributed by atoms with Gasteiger partial charge in [0.25, 0.3) is 0 Å². The van der Waals surface area contributed by atoms with Crippen molar-refractivity contribution < 1.29 is 29.7 Å². The zero-order valence-corrected chi connectivity index (χ0v) is 8.39. The van der Waals surface area contributed by atoms with Gasteiger partial charge in [-0.2, -0.15) is 0 Å². The fourth-order valence-electron chi connectivity index (χ4n) is 0.773. The first-order valence-electron chi connectivity index (χ1n) is 3.74. The molecule has 0 bridgehead atoms. The third-order valence-electron chi connectivity index (χ3n) is 1.33. The van der Waals surface area contributed by atoms with Gasteiger partial charge in [-0.1, -0.05) is 29.8 Å². The number of hydrogen-bond donors (Lipinski definition) is 0. The van der Waals surface area contributed by atoms with Gasteiger partial charge in [0.1, 0.15) is 5.43 Å². The van der Waals surface area contributed by atoms with Crippen molar-refractivity contribution in [3.05, 3.63) is 35.4 Å². The molecule has 1 rings (SSSR count). The van der Waals surface area contributed by atoms with Gasteiger partial charge >= 0.3 is 0 Å². The van der Waals surface area contributed by atoms with Crippen LogP contribution in [-0.4, -0.2) is 17.4 Å². The van der Waals surface area contributed by atoms with Crippen LogP contribution in [0.25, 0.3) is 0 Å². The molecule has 0 heterocycles. The number of aromatic carboxylic acids is 2. The summed E-state index contributed by atoms with van der Waals surface area (Å²) in [5.74, 6) is -2.81. The van der Waals surface area contributed by atoms with E-state index in [2.05, 4.69) is 11.6 Å². The van der Waals surface area contributed by atoms with Crippen LogP contribution in [0.3, 0.4) is 0 Å². The molecule has 0 aliphatic carbocycles. The van der Waals surface area contributed by atoms with Gasteiger partial charge in [-0.25, -0.2) is 0 Å². The Morgan fingerprint density at radius 3 is 1.50 bits per heavy atom. The van der Waals surface area contributed by atoms with Crippen molar-refractivity contribution in [1.82, 2.24) is 0 Å². The second-order valence-corrected chi connectivity index (χ2v) is 2.70. The molecule has 16 heavy (non-hydrogen) atoms. The highest BCUT2D eigenvalue weighted by Crippen LogP contribution is 2.02. The quantitative estimate of drug-likeness (QED) is 0.553. The lowest BCUT2D eigenvalue weighted by molar-refractivity contribution is -0.255. The SMILES string of the molecule is O=C([O-])Cl.O=C([O-])c1cccc(C(=O)[O-])c1. The largest absolute Gasteiger partial charge is 0.545 e. The lowest BCUT2D eigenvalue weighted by Crippen LogP contribution is -2.25.